The van der Waals surface area contributed by atoms with E-state index in [2.05, 4.69) is 72.3 Å². The van der Waals surface area contributed by atoms with Gasteiger partial charge in [-0.1, -0.05) is 48.5 Å². The Bertz CT molecular complexity index is 940. The minimum Gasteiger partial charge on any atom is -0.508 e. The first-order chi connectivity index (χ1) is 13.2. The Morgan fingerprint density at radius 3 is 1.96 bits per heavy atom. The second-order valence-electron chi connectivity index (χ2n) is 6.45. The molecule has 0 spiro atoms. The number of thiol groups is 1. The minimum absolute atomic E-state index is 0.293. The molecule has 136 valence electrons. The van der Waals surface area contributed by atoms with Gasteiger partial charge in [-0.2, -0.15) is 12.6 Å². The summed E-state index contributed by atoms with van der Waals surface area (Å²) in [6.45, 7) is 0.747. The zero-order valence-electron chi connectivity index (χ0n) is 15.1. The highest BCUT2D eigenvalue weighted by atomic mass is 32.2. The lowest BCUT2D eigenvalue weighted by atomic mass is 9.89. The molecule has 0 aromatic heterocycles. The van der Waals surface area contributed by atoms with Crippen molar-refractivity contribution in [3.63, 3.8) is 0 Å². The highest BCUT2D eigenvalue weighted by Gasteiger charge is 2.27. The lowest BCUT2D eigenvalue weighted by molar-refractivity contribution is 0.475. The van der Waals surface area contributed by atoms with Crippen LogP contribution >= 0.6 is 24.4 Å². The van der Waals surface area contributed by atoms with Crippen LogP contribution in [0.2, 0.25) is 0 Å². The van der Waals surface area contributed by atoms with Crippen molar-refractivity contribution < 1.29 is 5.11 Å². The molecule has 2 nitrogen and oxygen atoms in total. The molecule has 1 N–H and O–H groups in total. The van der Waals surface area contributed by atoms with Crippen LogP contribution < -0.4 is 4.90 Å². The zero-order valence-corrected chi connectivity index (χ0v) is 16.8. The normalized spacial score (nSPS) is 12.5. The van der Waals surface area contributed by atoms with Crippen molar-refractivity contribution in [2.24, 2.45) is 0 Å². The van der Waals surface area contributed by atoms with E-state index >= 15 is 0 Å². The standard InChI is InChI=1S/C23H21NOS2/c1-27-22(15-26)23-18-6-2-4-8-20(18)24(21-9-5-3-7-19(21)23)14-16-10-12-17(25)13-11-16/h2-13,25-26H,14-15H2,1H3. The van der Waals surface area contributed by atoms with E-state index in [-0.39, 0.29) is 0 Å². The molecule has 0 aliphatic carbocycles. The fourth-order valence-corrected chi connectivity index (χ4v) is 4.71. The predicted octanol–water partition coefficient (Wildman–Crippen LogP) is 6.10. The van der Waals surface area contributed by atoms with Crippen LogP contribution in [0.1, 0.15) is 16.7 Å². The summed E-state index contributed by atoms with van der Waals surface area (Å²) in [6, 6.07) is 24.6. The van der Waals surface area contributed by atoms with E-state index < -0.39 is 0 Å². The Labute approximate surface area is 170 Å². The number of anilines is 2. The third-order valence-corrected chi connectivity index (χ3v) is 6.25. The minimum atomic E-state index is 0.293. The SMILES string of the molecule is CSC(CS)=C1c2ccccc2N(Cc2ccc(O)cc2)c2ccccc21. The Morgan fingerprint density at radius 2 is 1.44 bits per heavy atom. The number of phenols is 1. The number of fused-ring (bicyclic) bond motifs is 2. The summed E-state index contributed by atoms with van der Waals surface area (Å²) in [5.41, 5.74) is 7.33. The lowest BCUT2D eigenvalue weighted by Gasteiger charge is -2.35. The number of hydrogen-bond acceptors (Lipinski definition) is 4. The molecule has 1 heterocycles. The molecule has 3 aromatic carbocycles. The van der Waals surface area contributed by atoms with Gasteiger partial charge >= 0.3 is 0 Å². The van der Waals surface area contributed by atoms with E-state index in [4.69, 9.17) is 0 Å². The third kappa shape index (κ3) is 3.35. The average molecular weight is 392 g/mol. The largest absolute Gasteiger partial charge is 0.508 e. The molecule has 0 fully saturated rings. The number of nitrogens with zero attached hydrogens (tertiary/aromatic N) is 1. The Morgan fingerprint density at radius 1 is 0.889 bits per heavy atom. The molecule has 0 saturated carbocycles. The Balaban J connectivity index is 1.91. The Hall–Kier alpha value is -2.30. The van der Waals surface area contributed by atoms with Gasteiger partial charge in [0, 0.05) is 45.3 Å². The molecule has 0 amide bonds. The van der Waals surface area contributed by atoms with Gasteiger partial charge in [0.25, 0.3) is 0 Å². The van der Waals surface area contributed by atoms with Crippen LogP contribution in [-0.4, -0.2) is 17.1 Å². The maximum absolute atomic E-state index is 9.60. The van der Waals surface area contributed by atoms with Crippen LogP contribution in [0.3, 0.4) is 0 Å². The van der Waals surface area contributed by atoms with Gasteiger partial charge in [0.15, 0.2) is 0 Å². The van der Waals surface area contributed by atoms with Gasteiger partial charge in [-0.25, -0.2) is 0 Å². The second-order valence-corrected chi connectivity index (χ2v) is 7.66. The molecule has 0 radical (unpaired) electrons. The van der Waals surface area contributed by atoms with Crippen LogP contribution in [0.4, 0.5) is 11.4 Å². The van der Waals surface area contributed by atoms with E-state index in [1.54, 1.807) is 23.9 Å². The number of thioether (sulfide) groups is 1. The van der Waals surface area contributed by atoms with Crippen LogP contribution in [0.25, 0.3) is 5.57 Å². The Kier molecular flexibility index (Phi) is 5.19. The molecule has 1 aliphatic rings. The van der Waals surface area contributed by atoms with Gasteiger partial charge in [0.1, 0.15) is 5.75 Å². The summed E-state index contributed by atoms with van der Waals surface area (Å²) < 4.78 is 0. The van der Waals surface area contributed by atoms with Crippen molar-refractivity contribution in [2.75, 3.05) is 16.9 Å². The summed E-state index contributed by atoms with van der Waals surface area (Å²) in [4.78, 5) is 3.64. The molecule has 0 unspecified atom stereocenters. The van der Waals surface area contributed by atoms with E-state index in [9.17, 15) is 5.11 Å². The highest BCUT2D eigenvalue weighted by molar-refractivity contribution is 8.03. The predicted molar refractivity (Wildman–Crippen MR) is 120 cm³/mol. The molecule has 4 rings (SSSR count). The van der Waals surface area contributed by atoms with Crippen molar-refractivity contribution in [2.45, 2.75) is 6.54 Å². The van der Waals surface area contributed by atoms with Crippen LogP contribution in [-0.2, 0) is 6.54 Å². The van der Waals surface area contributed by atoms with Crippen LogP contribution in [0.15, 0.2) is 77.7 Å². The molecule has 27 heavy (non-hydrogen) atoms. The number of rotatable bonds is 4. The van der Waals surface area contributed by atoms with Gasteiger partial charge < -0.3 is 10.0 Å². The molecule has 3 aromatic rings. The second kappa shape index (κ2) is 7.75. The highest BCUT2D eigenvalue weighted by Crippen LogP contribution is 2.48. The molecule has 1 aliphatic heterocycles. The van der Waals surface area contributed by atoms with E-state index in [0.29, 0.717) is 5.75 Å². The van der Waals surface area contributed by atoms with E-state index in [1.807, 2.05) is 12.1 Å². The summed E-state index contributed by atoms with van der Waals surface area (Å²) in [6.07, 6.45) is 2.12. The summed E-state index contributed by atoms with van der Waals surface area (Å²) in [5, 5.41) is 9.60. The van der Waals surface area contributed by atoms with Gasteiger partial charge in [-0.15, -0.1) is 11.8 Å². The molecular weight excluding hydrogens is 370 g/mol. The zero-order chi connectivity index (χ0) is 18.8. The van der Waals surface area contributed by atoms with Crippen molar-refractivity contribution in [1.82, 2.24) is 0 Å². The van der Waals surface area contributed by atoms with Crippen LogP contribution in [0.5, 0.6) is 5.75 Å². The number of hydrogen-bond donors (Lipinski definition) is 2. The van der Waals surface area contributed by atoms with Crippen LogP contribution in [0, 0.1) is 0 Å². The molecule has 0 bridgehead atoms. The summed E-state index contributed by atoms with van der Waals surface area (Å²) >= 11 is 6.35. The third-order valence-electron chi connectivity index (χ3n) is 4.87. The van der Waals surface area contributed by atoms with Gasteiger partial charge in [0.05, 0.1) is 0 Å². The van der Waals surface area contributed by atoms with Crippen molar-refractivity contribution in [1.29, 1.82) is 0 Å². The molecule has 0 atom stereocenters. The summed E-state index contributed by atoms with van der Waals surface area (Å²) in [5.74, 6) is 1.01. The average Bonchev–Trinajstić information content (AvgIpc) is 2.72. The monoisotopic (exact) mass is 391 g/mol. The number of benzene rings is 3. The molecule has 0 saturated heterocycles. The summed E-state index contributed by atoms with van der Waals surface area (Å²) in [7, 11) is 0. The van der Waals surface area contributed by atoms with Crippen molar-refractivity contribution >= 4 is 41.3 Å². The number of para-hydroxylation sites is 2. The van der Waals surface area contributed by atoms with E-state index in [1.165, 1.54) is 33.0 Å². The first kappa shape index (κ1) is 18.1. The topological polar surface area (TPSA) is 23.5 Å². The molecule has 4 heteroatoms. The van der Waals surface area contributed by atoms with E-state index in [0.717, 1.165) is 17.9 Å². The maximum atomic E-state index is 9.60. The van der Waals surface area contributed by atoms with Gasteiger partial charge in [-0.05, 0) is 36.1 Å². The lowest BCUT2D eigenvalue weighted by Crippen LogP contribution is -2.23. The van der Waals surface area contributed by atoms with Crippen molar-refractivity contribution in [3.8, 4) is 5.75 Å². The number of aromatic hydroxyl groups is 1. The van der Waals surface area contributed by atoms with Gasteiger partial charge in [-0.3, -0.25) is 0 Å². The first-order valence-electron chi connectivity index (χ1n) is 8.85. The molecular formula is C23H21NOS2. The smallest absolute Gasteiger partial charge is 0.115 e. The maximum Gasteiger partial charge on any atom is 0.115 e. The fourth-order valence-electron chi connectivity index (χ4n) is 3.62. The fraction of sp³-hybridized carbons (Fsp3) is 0.130. The first-order valence-corrected chi connectivity index (χ1v) is 10.7. The van der Waals surface area contributed by atoms with Crippen molar-refractivity contribution in [3.05, 3.63) is 94.4 Å². The quantitative estimate of drug-likeness (QED) is 0.526. The number of phenolic OH excluding ortho intramolecular Hbond substituents is 1. The van der Waals surface area contributed by atoms with Gasteiger partial charge in [0.2, 0.25) is 0 Å².